The number of nitrogens with zero attached hydrogens (tertiary/aromatic N) is 1. The van der Waals surface area contributed by atoms with Crippen molar-refractivity contribution in [3.8, 4) is 0 Å². The van der Waals surface area contributed by atoms with Crippen LogP contribution in [-0.4, -0.2) is 29.3 Å². The van der Waals surface area contributed by atoms with E-state index >= 15 is 0 Å². The van der Waals surface area contributed by atoms with Gasteiger partial charge in [0.2, 0.25) is 5.91 Å². The highest BCUT2D eigenvalue weighted by Gasteiger charge is 2.43. The fourth-order valence-electron chi connectivity index (χ4n) is 2.85. The summed E-state index contributed by atoms with van der Waals surface area (Å²) in [5.74, 6) is -1.52. The number of hydrazine groups is 1. The molecule has 0 aliphatic carbocycles. The zero-order chi connectivity index (χ0) is 13.4. The Kier molecular flexibility index (Phi) is 3.06. The summed E-state index contributed by atoms with van der Waals surface area (Å²) >= 11 is 0. The third-order valence-corrected chi connectivity index (χ3v) is 3.88. The molecular formula is C14H15FN2O2. The van der Waals surface area contributed by atoms with Gasteiger partial charge in [0.1, 0.15) is 11.7 Å². The van der Waals surface area contributed by atoms with Crippen molar-refractivity contribution in [2.24, 2.45) is 5.92 Å². The quantitative estimate of drug-likeness (QED) is 0.811. The summed E-state index contributed by atoms with van der Waals surface area (Å²) in [6.07, 6.45) is 1.82. The van der Waals surface area contributed by atoms with Gasteiger partial charge in [-0.25, -0.2) is 9.40 Å². The molecule has 1 aromatic rings. The zero-order valence-electron chi connectivity index (χ0n) is 10.4. The van der Waals surface area contributed by atoms with Crippen molar-refractivity contribution in [1.82, 2.24) is 10.4 Å². The predicted molar refractivity (Wildman–Crippen MR) is 66.5 cm³/mol. The number of fused-ring (bicyclic) bond motifs is 1. The van der Waals surface area contributed by atoms with Gasteiger partial charge in [0, 0.05) is 6.54 Å². The molecule has 1 N–H and O–H groups in total. The highest BCUT2D eigenvalue weighted by Crippen LogP contribution is 2.26. The van der Waals surface area contributed by atoms with E-state index in [1.165, 1.54) is 6.07 Å². The average Bonchev–Trinajstić information content (AvgIpc) is 2.84. The van der Waals surface area contributed by atoms with E-state index in [0.29, 0.717) is 12.1 Å². The van der Waals surface area contributed by atoms with E-state index in [9.17, 15) is 14.0 Å². The molecule has 2 unspecified atom stereocenters. The number of rotatable bonds is 2. The van der Waals surface area contributed by atoms with Gasteiger partial charge in [-0.2, -0.15) is 0 Å². The van der Waals surface area contributed by atoms with Crippen molar-refractivity contribution in [2.75, 3.05) is 6.54 Å². The second-order valence-electron chi connectivity index (χ2n) is 5.08. The number of amides is 1. The molecular weight excluding hydrogens is 247 g/mol. The Morgan fingerprint density at radius 2 is 2.11 bits per heavy atom. The van der Waals surface area contributed by atoms with Crippen molar-refractivity contribution >= 4 is 11.7 Å². The molecule has 0 saturated carbocycles. The second kappa shape index (κ2) is 4.74. The Hall–Kier alpha value is -1.75. The van der Waals surface area contributed by atoms with Crippen LogP contribution in [0.4, 0.5) is 4.39 Å². The zero-order valence-corrected chi connectivity index (χ0v) is 10.4. The first-order chi connectivity index (χ1) is 9.16. The Morgan fingerprint density at radius 3 is 2.89 bits per heavy atom. The maximum absolute atomic E-state index is 13.6. The summed E-state index contributed by atoms with van der Waals surface area (Å²) in [7, 11) is 0. The molecule has 0 spiro atoms. The maximum atomic E-state index is 13.6. The summed E-state index contributed by atoms with van der Waals surface area (Å²) in [5, 5.41) is 1.71. The monoisotopic (exact) mass is 262 g/mol. The molecule has 2 heterocycles. The van der Waals surface area contributed by atoms with E-state index < -0.39 is 5.92 Å². The SMILES string of the molecule is O=C1NN2CCCC2C(=O)C1Cc1ccccc1F. The van der Waals surface area contributed by atoms with Crippen LogP contribution in [0, 0.1) is 11.7 Å². The van der Waals surface area contributed by atoms with Crippen molar-refractivity contribution < 1.29 is 14.0 Å². The summed E-state index contributed by atoms with van der Waals surface area (Å²) < 4.78 is 13.6. The lowest BCUT2D eigenvalue weighted by Crippen LogP contribution is -2.59. The van der Waals surface area contributed by atoms with Crippen LogP contribution in [0.1, 0.15) is 18.4 Å². The first kappa shape index (κ1) is 12.3. The maximum Gasteiger partial charge on any atom is 0.245 e. The first-order valence-corrected chi connectivity index (χ1v) is 6.51. The highest BCUT2D eigenvalue weighted by atomic mass is 19.1. The van der Waals surface area contributed by atoms with E-state index in [4.69, 9.17) is 0 Å². The number of carbonyl (C=O) groups excluding carboxylic acids is 2. The molecule has 2 saturated heterocycles. The smallest absolute Gasteiger partial charge is 0.245 e. The van der Waals surface area contributed by atoms with Gasteiger partial charge >= 0.3 is 0 Å². The van der Waals surface area contributed by atoms with Crippen molar-refractivity contribution in [1.29, 1.82) is 0 Å². The van der Waals surface area contributed by atoms with Gasteiger partial charge in [-0.15, -0.1) is 0 Å². The van der Waals surface area contributed by atoms with Crippen LogP contribution in [0.25, 0.3) is 0 Å². The van der Waals surface area contributed by atoms with Crippen molar-refractivity contribution in [2.45, 2.75) is 25.3 Å². The van der Waals surface area contributed by atoms with Crippen molar-refractivity contribution in [3.05, 3.63) is 35.6 Å². The molecule has 1 amide bonds. The molecule has 2 aliphatic rings. The van der Waals surface area contributed by atoms with Crippen LogP contribution in [0.15, 0.2) is 24.3 Å². The number of halogens is 1. The molecule has 3 rings (SSSR count). The van der Waals surface area contributed by atoms with Crippen LogP contribution in [0.3, 0.4) is 0 Å². The number of benzene rings is 1. The average molecular weight is 262 g/mol. The molecule has 1 aromatic carbocycles. The normalized spacial score (nSPS) is 27.2. The van der Waals surface area contributed by atoms with Crippen LogP contribution in [0.2, 0.25) is 0 Å². The summed E-state index contributed by atoms with van der Waals surface area (Å²) in [4.78, 5) is 24.3. The topological polar surface area (TPSA) is 49.4 Å². The lowest BCUT2D eigenvalue weighted by Gasteiger charge is -2.33. The Labute approximate surface area is 110 Å². The fraction of sp³-hybridized carbons (Fsp3) is 0.429. The van der Waals surface area contributed by atoms with E-state index in [1.54, 1.807) is 23.2 Å². The molecule has 2 atom stereocenters. The molecule has 4 nitrogen and oxygen atoms in total. The van der Waals surface area contributed by atoms with Gasteiger partial charge in [-0.05, 0) is 30.9 Å². The van der Waals surface area contributed by atoms with Crippen LogP contribution < -0.4 is 5.43 Å². The van der Waals surface area contributed by atoms with Gasteiger partial charge in [-0.3, -0.25) is 15.0 Å². The first-order valence-electron chi connectivity index (χ1n) is 6.51. The van der Waals surface area contributed by atoms with Crippen LogP contribution >= 0.6 is 0 Å². The number of hydrogen-bond donors (Lipinski definition) is 1. The molecule has 2 fully saturated rings. The number of carbonyl (C=O) groups is 2. The molecule has 100 valence electrons. The molecule has 2 aliphatic heterocycles. The minimum atomic E-state index is -0.767. The van der Waals surface area contributed by atoms with Gasteiger partial charge < -0.3 is 0 Å². The highest BCUT2D eigenvalue weighted by molar-refractivity contribution is 6.05. The summed E-state index contributed by atoms with van der Waals surface area (Å²) in [6, 6.07) is 6.06. The number of ketones is 1. The van der Waals surface area contributed by atoms with Crippen LogP contribution in [0.5, 0.6) is 0 Å². The summed E-state index contributed by atoms with van der Waals surface area (Å²) in [6.45, 7) is 0.717. The molecule has 0 bridgehead atoms. The third-order valence-electron chi connectivity index (χ3n) is 3.88. The lowest BCUT2D eigenvalue weighted by atomic mass is 9.88. The fourth-order valence-corrected chi connectivity index (χ4v) is 2.85. The number of nitrogens with one attached hydrogen (secondary N) is 1. The van der Waals surface area contributed by atoms with E-state index in [-0.39, 0.29) is 30.0 Å². The van der Waals surface area contributed by atoms with Gasteiger partial charge in [0.05, 0.1) is 6.04 Å². The van der Waals surface area contributed by atoms with Crippen molar-refractivity contribution in [3.63, 3.8) is 0 Å². The van der Waals surface area contributed by atoms with E-state index in [0.717, 1.165) is 12.8 Å². The summed E-state index contributed by atoms with van der Waals surface area (Å²) in [5.41, 5.74) is 3.17. The molecule has 5 heteroatoms. The largest absolute Gasteiger partial charge is 0.297 e. The number of hydrogen-bond acceptors (Lipinski definition) is 3. The van der Waals surface area contributed by atoms with Gasteiger partial charge in [0.25, 0.3) is 0 Å². The third kappa shape index (κ3) is 2.14. The second-order valence-corrected chi connectivity index (χ2v) is 5.08. The molecule has 0 aromatic heterocycles. The van der Waals surface area contributed by atoms with E-state index in [1.807, 2.05) is 0 Å². The Balaban J connectivity index is 1.82. The molecule has 19 heavy (non-hydrogen) atoms. The van der Waals surface area contributed by atoms with E-state index in [2.05, 4.69) is 5.43 Å². The van der Waals surface area contributed by atoms with Crippen LogP contribution in [-0.2, 0) is 16.0 Å². The standard InChI is InChI=1S/C14H15FN2O2/c15-11-5-2-1-4-9(11)8-10-13(18)12-6-3-7-17(12)16-14(10)19/h1-2,4-5,10,12H,3,6-8H2,(H,16,19). The Morgan fingerprint density at radius 1 is 1.32 bits per heavy atom. The molecule has 0 radical (unpaired) electrons. The minimum Gasteiger partial charge on any atom is -0.297 e. The Bertz CT molecular complexity index is 532. The van der Waals surface area contributed by atoms with Gasteiger partial charge in [-0.1, -0.05) is 18.2 Å². The lowest BCUT2D eigenvalue weighted by molar-refractivity contribution is -0.147. The predicted octanol–water partition coefficient (Wildman–Crippen LogP) is 1.06. The minimum absolute atomic E-state index is 0.0792. The van der Waals surface area contributed by atoms with Gasteiger partial charge in [0.15, 0.2) is 5.78 Å². The number of Topliss-reactive ketones (excluding diaryl/α,β-unsaturated/α-hetero) is 1.